The third-order valence-electron chi connectivity index (χ3n) is 1.98. The van der Waals surface area contributed by atoms with Crippen LogP contribution in [0.4, 0.5) is 0 Å². The SMILES string of the molecule is CCC(=O)OCCc1ccc(O)c(O)c1. The molecule has 82 valence electrons. The fourth-order valence-electron chi connectivity index (χ4n) is 1.11. The Morgan fingerprint density at radius 3 is 2.67 bits per heavy atom. The van der Waals surface area contributed by atoms with E-state index in [2.05, 4.69) is 0 Å². The zero-order chi connectivity index (χ0) is 11.3. The van der Waals surface area contributed by atoms with Gasteiger partial charge in [0, 0.05) is 12.8 Å². The average molecular weight is 210 g/mol. The second-order valence-corrected chi connectivity index (χ2v) is 3.15. The molecule has 2 N–H and O–H groups in total. The van der Waals surface area contributed by atoms with Crippen molar-refractivity contribution >= 4 is 5.97 Å². The van der Waals surface area contributed by atoms with E-state index in [1.165, 1.54) is 12.1 Å². The predicted molar refractivity (Wildman–Crippen MR) is 54.7 cm³/mol. The molecule has 0 amide bonds. The summed E-state index contributed by atoms with van der Waals surface area (Å²) in [6.45, 7) is 2.02. The topological polar surface area (TPSA) is 66.8 Å². The summed E-state index contributed by atoms with van der Waals surface area (Å²) in [6.07, 6.45) is 0.889. The van der Waals surface area contributed by atoms with Gasteiger partial charge in [-0.15, -0.1) is 0 Å². The second kappa shape index (κ2) is 5.24. The minimum Gasteiger partial charge on any atom is -0.504 e. The summed E-state index contributed by atoms with van der Waals surface area (Å²) < 4.78 is 4.88. The molecule has 0 heterocycles. The highest BCUT2D eigenvalue weighted by Gasteiger charge is 2.02. The summed E-state index contributed by atoms with van der Waals surface area (Å²) in [5.41, 5.74) is 0.814. The van der Waals surface area contributed by atoms with Gasteiger partial charge in [0.2, 0.25) is 0 Å². The third kappa shape index (κ3) is 3.50. The molecule has 0 unspecified atom stereocenters. The van der Waals surface area contributed by atoms with E-state index < -0.39 is 0 Å². The molecule has 1 aromatic carbocycles. The Bertz CT molecular complexity index is 346. The van der Waals surface area contributed by atoms with Gasteiger partial charge in [-0.25, -0.2) is 0 Å². The number of hydrogen-bond acceptors (Lipinski definition) is 4. The first kappa shape index (κ1) is 11.4. The van der Waals surface area contributed by atoms with Gasteiger partial charge in [0.25, 0.3) is 0 Å². The van der Waals surface area contributed by atoms with E-state index in [-0.39, 0.29) is 24.1 Å². The largest absolute Gasteiger partial charge is 0.504 e. The molecule has 0 aliphatic carbocycles. The molecule has 0 bridgehead atoms. The Balaban J connectivity index is 2.44. The monoisotopic (exact) mass is 210 g/mol. The fraction of sp³-hybridized carbons (Fsp3) is 0.364. The maximum absolute atomic E-state index is 10.8. The summed E-state index contributed by atoms with van der Waals surface area (Å²) in [5.74, 6) is -0.545. The number of ether oxygens (including phenoxy) is 1. The Morgan fingerprint density at radius 2 is 2.07 bits per heavy atom. The van der Waals surface area contributed by atoms with Crippen LogP contribution in [0.25, 0.3) is 0 Å². The van der Waals surface area contributed by atoms with Crippen LogP contribution in [0.3, 0.4) is 0 Å². The van der Waals surface area contributed by atoms with Crippen molar-refractivity contribution in [2.24, 2.45) is 0 Å². The molecule has 0 atom stereocenters. The van der Waals surface area contributed by atoms with Crippen LogP contribution in [0.15, 0.2) is 18.2 Å². The molecule has 0 radical (unpaired) electrons. The van der Waals surface area contributed by atoms with Crippen molar-refractivity contribution in [1.29, 1.82) is 0 Å². The smallest absolute Gasteiger partial charge is 0.305 e. The Labute approximate surface area is 88.1 Å². The lowest BCUT2D eigenvalue weighted by Gasteiger charge is -2.04. The van der Waals surface area contributed by atoms with Gasteiger partial charge in [0.05, 0.1) is 6.61 Å². The van der Waals surface area contributed by atoms with Crippen LogP contribution in [-0.2, 0) is 16.0 Å². The lowest BCUT2D eigenvalue weighted by atomic mass is 10.1. The van der Waals surface area contributed by atoms with Crippen LogP contribution in [0.2, 0.25) is 0 Å². The Kier molecular flexibility index (Phi) is 3.97. The molecule has 1 aromatic rings. The molecule has 15 heavy (non-hydrogen) atoms. The van der Waals surface area contributed by atoms with Gasteiger partial charge in [0.1, 0.15) is 0 Å². The summed E-state index contributed by atoms with van der Waals surface area (Å²) in [5, 5.41) is 18.3. The molecule has 0 aliphatic heterocycles. The molecule has 0 saturated carbocycles. The molecule has 0 saturated heterocycles. The molecular weight excluding hydrogens is 196 g/mol. The fourth-order valence-corrected chi connectivity index (χ4v) is 1.11. The maximum Gasteiger partial charge on any atom is 0.305 e. The van der Waals surface area contributed by atoms with Crippen molar-refractivity contribution in [3.05, 3.63) is 23.8 Å². The summed E-state index contributed by atoms with van der Waals surface area (Å²) in [4.78, 5) is 10.8. The molecule has 4 nitrogen and oxygen atoms in total. The number of phenolic OH excluding ortho intramolecular Hbond substituents is 2. The molecule has 4 heteroatoms. The summed E-state index contributed by atoms with van der Waals surface area (Å²) in [7, 11) is 0. The van der Waals surface area contributed by atoms with Crippen molar-refractivity contribution in [3.63, 3.8) is 0 Å². The van der Waals surface area contributed by atoms with Crippen LogP contribution in [0.5, 0.6) is 11.5 Å². The van der Waals surface area contributed by atoms with Crippen molar-refractivity contribution in [3.8, 4) is 11.5 Å². The van der Waals surface area contributed by atoms with Crippen molar-refractivity contribution in [1.82, 2.24) is 0 Å². The number of esters is 1. The standard InChI is InChI=1S/C11H14O4/c1-2-11(14)15-6-5-8-3-4-9(12)10(13)7-8/h3-4,7,12-13H,2,5-6H2,1H3. The van der Waals surface area contributed by atoms with Crippen LogP contribution in [-0.4, -0.2) is 22.8 Å². The maximum atomic E-state index is 10.8. The van der Waals surface area contributed by atoms with Gasteiger partial charge in [-0.1, -0.05) is 13.0 Å². The first-order chi connectivity index (χ1) is 7.13. The Morgan fingerprint density at radius 1 is 1.33 bits per heavy atom. The van der Waals surface area contributed by atoms with Crippen molar-refractivity contribution in [2.75, 3.05) is 6.61 Å². The number of aromatic hydroxyl groups is 2. The van der Waals surface area contributed by atoms with Crippen molar-refractivity contribution in [2.45, 2.75) is 19.8 Å². The van der Waals surface area contributed by atoms with Gasteiger partial charge < -0.3 is 14.9 Å². The number of carbonyl (C=O) groups is 1. The van der Waals surface area contributed by atoms with E-state index in [1.807, 2.05) is 0 Å². The van der Waals surface area contributed by atoms with E-state index in [1.54, 1.807) is 13.0 Å². The zero-order valence-corrected chi connectivity index (χ0v) is 8.56. The van der Waals surface area contributed by atoms with E-state index in [4.69, 9.17) is 9.84 Å². The number of hydrogen-bond donors (Lipinski definition) is 2. The molecule has 0 spiro atoms. The second-order valence-electron chi connectivity index (χ2n) is 3.15. The molecule has 0 fully saturated rings. The normalized spacial score (nSPS) is 9.93. The molecule has 0 aliphatic rings. The van der Waals surface area contributed by atoms with Gasteiger partial charge in [-0.2, -0.15) is 0 Å². The van der Waals surface area contributed by atoms with Crippen molar-refractivity contribution < 1.29 is 19.7 Å². The Hall–Kier alpha value is -1.71. The van der Waals surface area contributed by atoms with E-state index in [0.717, 1.165) is 5.56 Å². The minimum atomic E-state index is -0.238. The van der Waals surface area contributed by atoms with Gasteiger partial charge in [-0.05, 0) is 17.7 Å². The highest BCUT2D eigenvalue weighted by atomic mass is 16.5. The first-order valence-corrected chi connectivity index (χ1v) is 4.80. The zero-order valence-electron chi connectivity index (χ0n) is 8.56. The van der Waals surface area contributed by atoms with E-state index >= 15 is 0 Å². The number of phenols is 2. The van der Waals surface area contributed by atoms with Crippen LogP contribution in [0.1, 0.15) is 18.9 Å². The third-order valence-corrected chi connectivity index (χ3v) is 1.98. The molecule has 0 aromatic heterocycles. The highest BCUT2D eigenvalue weighted by Crippen LogP contribution is 2.24. The minimum absolute atomic E-state index is 0.149. The van der Waals surface area contributed by atoms with Gasteiger partial charge >= 0.3 is 5.97 Å². The number of rotatable bonds is 4. The van der Waals surface area contributed by atoms with Gasteiger partial charge in [0.15, 0.2) is 11.5 Å². The van der Waals surface area contributed by atoms with Crippen LogP contribution in [0, 0.1) is 0 Å². The lowest BCUT2D eigenvalue weighted by Crippen LogP contribution is -2.05. The molecular formula is C11H14O4. The van der Waals surface area contributed by atoms with E-state index in [9.17, 15) is 9.90 Å². The summed E-state index contributed by atoms with van der Waals surface area (Å²) in [6, 6.07) is 4.54. The first-order valence-electron chi connectivity index (χ1n) is 4.80. The van der Waals surface area contributed by atoms with E-state index in [0.29, 0.717) is 12.8 Å². The number of benzene rings is 1. The highest BCUT2D eigenvalue weighted by molar-refractivity contribution is 5.68. The van der Waals surface area contributed by atoms with Gasteiger partial charge in [-0.3, -0.25) is 4.79 Å². The summed E-state index contributed by atoms with van der Waals surface area (Å²) >= 11 is 0. The average Bonchev–Trinajstić information content (AvgIpc) is 2.23. The van der Waals surface area contributed by atoms with Crippen LogP contribution >= 0.6 is 0 Å². The lowest BCUT2D eigenvalue weighted by molar-refractivity contribution is -0.143. The predicted octanol–water partition coefficient (Wildman–Crippen LogP) is 1.59. The quantitative estimate of drug-likeness (QED) is 0.585. The number of carbonyl (C=O) groups excluding carboxylic acids is 1. The van der Waals surface area contributed by atoms with Crippen LogP contribution < -0.4 is 0 Å². The molecule has 1 rings (SSSR count).